The first-order valence-corrected chi connectivity index (χ1v) is 9.32. The maximum Gasteiger partial charge on any atom is 0.263 e. The summed E-state index contributed by atoms with van der Waals surface area (Å²) in [6, 6.07) is 5.57. The number of hydrogen-bond acceptors (Lipinski definition) is 9. The van der Waals surface area contributed by atoms with Crippen molar-refractivity contribution in [3.8, 4) is 0 Å². The van der Waals surface area contributed by atoms with E-state index < -0.39 is 26.6 Å². The summed E-state index contributed by atoms with van der Waals surface area (Å²) < 4.78 is 53.0. The van der Waals surface area contributed by atoms with Crippen LogP contribution < -0.4 is 10.5 Å². The molecular formula is C9H12N4O5S3. The maximum atomic E-state index is 12.1. The van der Waals surface area contributed by atoms with Crippen molar-refractivity contribution >= 4 is 43.0 Å². The van der Waals surface area contributed by atoms with E-state index in [0.717, 1.165) is 11.3 Å². The molecule has 2 rings (SSSR count). The van der Waals surface area contributed by atoms with Crippen molar-refractivity contribution in [3.63, 3.8) is 0 Å². The fourth-order valence-electron chi connectivity index (χ4n) is 1.34. The highest BCUT2D eigenvalue weighted by molar-refractivity contribution is 8.18. The number of nitrogens with one attached hydrogen (secondary N) is 1. The summed E-state index contributed by atoms with van der Waals surface area (Å²) in [5.74, 6) is -0.506. The highest BCUT2D eigenvalue weighted by Crippen LogP contribution is 2.38. The Morgan fingerprint density at radius 3 is 2.33 bits per heavy atom. The lowest BCUT2D eigenvalue weighted by molar-refractivity contribution is 0.374. The van der Waals surface area contributed by atoms with Gasteiger partial charge in [-0.2, -0.15) is 0 Å². The van der Waals surface area contributed by atoms with Gasteiger partial charge in [0.1, 0.15) is 5.01 Å². The minimum atomic E-state index is -3.84. The van der Waals surface area contributed by atoms with Crippen LogP contribution in [0.25, 0.3) is 0 Å². The van der Waals surface area contributed by atoms with Crippen LogP contribution in [0.15, 0.2) is 29.2 Å². The molecule has 2 aromatic rings. The van der Waals surface area contributed by atoms with Crippen molar-refractivity contribution in [2.45, 2.75) is 10.6 Å². The molecule has 0 aliphatic carbocycles. The molecule has 6 N–H and O–H groups in total. The fourth-order valence-corrected chi connectivity index (χ4v) is 4.20. The zero-order chi connectivity index (χ0) is 15.7. The molecule has 21 heavy (non-hydrogen) atoms. The first kappa shape index (κ1) is 15.9. The molecule has 0 spiro atoms. The van der Waals surface area contributed by atoms with Crippen molar-refractivity contribution < 1.29 is 22.1 Å². The Labute approximate surface area is 126 Å². The zero-order valence-electron chi connectivity index (χ0n) is 10.4. The molecule has 0 bridgehead atoms. The lowest BCUT2D eigenvalue weighted by Gasteiger charge is -2.16. The largest absolute Gasteiger partial charge is 0.399 e. The van der Waals surface area contributed by atoms with Crippen molar-refractivity contribution in [1.29, 1.82) is 0 Å². The average Bonchev–Trinajstić information content (AvgIpc) is 2.73. The molecule has 0 saturated carbocycles. The Kier molecular flexibility index (Phi) is 4.36. The van der Waals surface area contributed by atoms with E-state index in [1.165, 1.54) is 24.3 Å². The van der Waals surface area contributed by atoms with Crippen LogP contribution in [0.1, 0.15) is 5.01 Å². The normalized spacial score (nSPS) is 13.1. The van der Waals surface area contributed by atoms with Gasteiger partial charge in [-0.1, -0.05) is 11.3 Å². The number of rotatable bonds is 5. The molecule has 1 aromatic carbocycles. The second-order valence-electron chi connectivity index (χ2n) is 3.95. The van der Waals surface area contributed by atoms with Gasteiger partial charge in [-0.05, 0) is 24.3 Å². The highest BCUT2D eigenvalue weighted by atomic mass is 32.3. The summed E-state index contributed by atoms with van der Waals surface area (Å²) in [4.78, 5) is -0.0000959. The van der Waals surface area contributed by atoms with Crippen LogP contribution in [0.5, 0.6) is 0 Å². The van der Waals surface area contributed by atoms with E-state index in [1.54, 1.807) is 0 Å². The predicted octanol–water partition coefficient (Wildman–Crippen LogP) is 1.64. The van der Waals surface area contributed by atoms with Gasteiger partial charge in [0.25, 0.3) is 10.0 Å². The number of benzene rings is 1. The maximum absolute atomic E-state index is 12.1. The highest BCUT2D eigenvalue weighted by Gasteiger charge is 2.20. The van der Waals surface area contributed by atoms with Gasteiger partial charge in [-0.25, -0.2) is 8.42 Å². The second kappa shape index (κ2) is 5.75. The van der Waals surface area contributed by atoms with Gasteiger partial charge in [0.05, 0.1) is 21.5 Å². The lowest BCUT2D eigenvalue weighted by atomic mass is 10.3. The first-order valence-electron chi connectivity index (χ1n) is 5.35. The van der Waals surface area contributed by atoms with Crippen LogP contribution in [0, 0.1) is 0 Å². The predicted molar refractivity (Wildman–Crippen MR) is 80.8 cm³/mol. The molecule has 0 saturated heterocycles. The van der Waals surface area contributed by atoms with Crippen molar-refractivity contribution in [3.05, 3.63) is 29.3 Å². The van der Waals surface area contributed by atoms with Crippen LogP contribution in [-0.2, 0) is 15.8 Å². The minimum Gasteiger partial charge on any atom is -0.399 e. The van der Waals surface area contributed by atoms with E-state index in [1.807, 2.05) is 0 Å². The second-order valence-corrected chi connectivity index (χ2v) is 8.25. The third kappa shape index (κ3) is 4.52. The van der Waals surface area contributed by atoms with E-state index in [9.17, 15) is 8.42 Å². The lowest BCUT2D eigenvalue weighted by Crippen LogP contribution is -2.12. The van der Waals surface area contributed by atoms with Crippen LogP contribution in [0.2, 0.25) is 0 Å². The van der Waals surface area contributed by atoms with E-state index in [2.05, 4.69) is 14.9 Å². The molecule has 116 valence electrons. The molecule has 0 atom stereocenters. The van der Waals surface area contributed by atoms with Crippen molar-refractivity contribution in [2.75, 3.05) is 10.5 Å². The molecule has 1 heterocycles. The fraction of sp³-hybridized carbons (Fsp3) is 0.111. The Morgan fingerprint density at radius 1 is 1.14 bits per heavy atom. The van der Waals surface area contributed by atoms with Crippen LogP contribution >= 0.6 is 22.2 Å². The van der Waals surface area contributed by atoms with Gasteiger partial charge in [0, 0.05) is 5.69 Å². The standard InChI is InChI=1S/C9H12N4O5S3/c10-6-1-3-7(4-2-6)21(17,18)13-9-12-11-8(19-9)5-20(14,15)16/h1-4,14-16H,5,10H2,(H,12,13). The topological polar surface area (TPSA) is 159 Å². The van der Waals surface area contributed by atoms with Crippen LogP contribution in [-0.4, -0.2) is 32.3 Å². The molecule has 0 aliphatic heterocycles. The summed E-state index contributed by atoms with van der Waals surface area (Å²) in [6.45, 7) is 0. The van der Waals surface area contributed by atoms with Gasteiger partial charge in [-0.15, -0.1) is 10.2 Å². The van der Waals surface area contributed by atoms with Gasteiger partial charge in [0.15, 0.2) is 0 Å². The molecule has 0 fully saturated rings. The molecular weight excluding hydrogens is 340 g/mol. The van der Waals surface area contributed by atoms with Crippen molar-refractivity contribution in [1.82, 2.24) is 10.2 Å². The van der Waals surface area contributed by atoms with Crippen LogP contribution in [0.4, 0.5) is 10.8 Å². The van der Waals surface area contributed by atoms with Gasteiger partial charge in [-0.3, -0.25) is 4.72 Å². The third-order valence-corrected chi connectivity index (χ3v) is 5.36. The third-order valence-electron chi connectivity index (χ3n) is 2.20. The quantitative estimate of drug-likeness (QED) is 0.508. The summed E-state index contributed by atoms with van der Waals surface area (Å²) in [5, 5.41) is 7.16. The summed E-state index contributed by atoms with van der Waals surface area (Å²) >= 11 is 0.788. The molecule has 9 nitrogen and oxygen atoms in total. The van der Waals surface area contributed by atoms with Gasteiger partial charge >= 0.3 is 0 Å². The number of hydrogen-bond donors (Lipinski definition) is 5. The minimum absolute atomic E-state index is 0.0000959. The first-order chi connectivity index (χ1) is 9.66. The van der Waals surface area contributed by atoms with Crippen molar-refractivity contribution in [2.24, 2.45) is 0 Å². The molecule has 0 amide bonds. The molecule has 0 radical (unpaired) electrons. The monoisotopic (exact) mass is 352 g/mol. The molecule has 0 unspecified atom stereocenters. The number of nitrogens with zero attached hydrogens (tertiary/aromatic N) is 2. The summed E-state index contributed by atoms with van der Waals surface area (Å²) in [6.07, 6.45) is 0. The Balaban J connectivity index is 2.16. The molecule has 12 heteroatoms. The Bertz CT molecular complexity index is 723. The number of nitrogens with two attached hydrogens (primary N) is 1. The summed E-state index contributed by atoms with van der Waals surface area (Å²) in [5.41, 5.74) is 5.91. The van der Waals surface area contributed by atoms with Gasteiger partial charge in [0.2, 0.25) is 5.13 Å². The van der Waals surface area contributed by atoms with E-state index in [0.29, 0.717) is 5.69 Å². The molecule has 0 aliphatic rings. The number of anilines is 2. The Hall–Kier alpha value is -1.44. The number of aromatic nitrogens is 2. The van der Waals surface area contributed by atoms with Crippen LogP contribution in [0.3, 0.4) is 0 Å². The SMILES string of the molecule is Nc1ccc(S(=O)(=O)Nc2nnc(CS(O)(O)O)s2)cc1. The number of nitrogen functional groups attached to an aromatic ring is 1. The van der Waals surface area contributed by atoms with E-state index >= 15 is 0 Å². The Morgan fingerprint density at radius 2 is 1.76 bits per heavy atom. The zero-order valence-corrected chi connectivity index (χ0v) is 12.8. The molecule has 1 aromatic heterocycles. The van der Waals surface area contributed by atoms with Gasteiger partial charge < -0.3 is 19.4 Å². The summed E-state index contributed by atoms with van der Waals surface area (Å²) in [7, 11) is -7.59. The number of sulfonamides is 1. The van der Waals surface area contributed by atoms with E-state index in [4.69, 9.17) is 19.4 Å². The average molecular weight is 352 g/mol. The smallest absolute Gasteiger partial charge is 0.263 e. The van der Waals surface area contributed by atoms with E-state index in [-0.39, 0.29) is 15.0 Å².